The fourth-order valence-corrected chi connectivity index (χ4v) is 4.81. The number of rotatable bonds is 3. The number of nitriles is 1. The number of halogens is 1. The summed E-state index contributed by atoms with van der Waals surface area (Å²) in [4.78, 5) is 0.0525. The van der Waals surface area contributed by atoms with Gasteiger partial charge in [-0.2, -0.15) is 9.57 Å². The van der Waals surface area contributed by atoms with Crippen LogP contribution in [-0.2, 0) is 10.0 Å². The van der Waals surface area contributed by atoms with Crippen LogP contribution in [0.5, 0.6) is 0 Å². The van der Waals surface area contributed by atoms with E-state index in [2.05, 4.69) is 6.92 Å². The maximum atomic E-state index is 12.8. The first-order valence-corrected chi connectivity index (χ1v) is 8.98. The molecule has 1 heterocycles. The third-order valence-electron chi connectivity index (χ3n) is 4.08. The monoisotopic (exact) mass is 342 g/mol. The topological polar surface area (TPSA) is 81.4 Å². The van der Waals surface area contributed by atoms with Crippen LogP contribution < -0.4 is 0 Å². The molecule has 1 aromatic carbocycles. The quantitative estimate of drug-likeness (QED) is 0.914. The summed E-state index contributed by atoms with van der Waals surface area (Å²) in [5.41, 5.74) is 0.236. The molecule has 1 aromatic rings. The van der Waals surface area contributed by atoms with E-state index in [4.69, 9.17) is 16.9 Å². The lowest BCUT2D eigenvalue weighted by Gasteiger charge is -2.39. The third-order valence-corrected chi connectivity index (χ3v) is 6.31. The number of nitrogens with zero attached hydrogens (tertiary/aromatic N) is 2. The number of hydrogen-bond acceptors (Lipinski definition) is 4. The number of aliphatic hydroxyl groups excluding tert-OH is 1. The molecule has 120 valence electrons. The summed E-state index contributed by atoms with van der Waals surface area (Å²) < 4.78 is 27.0. The number of sulfonamides is 1. The molecule has 0 aliphatic carbocycles. The van der Waals surface area contributed by atoms with Gasteiger partial charge in [-0.05, 0) is 43.9 Å². The Bertz CT molecular complexity index is 697. The molecule has 2 rings (SSSR count). The Morgan fingerprint density at radius 3 is 2.73 bits per heavy atom. The average molecular weight is 343 g/mol. The summed E-state index contributed by atoms with van der Waals surface area (Å²) in [6.07, 6.45) is 0.638. The van der Waals surface area contributed by atoms with Crippen molar-refractivity contribution >= 4 is 21.6 Å². The van der Waals surface area contributed by atoms with E-state index >= 15 is 0 Å². The van der Waals surface area contributed by atoms with Gasteiger partial charge in [-0.3, -0.25) is 0 Å². The van der Waals surface area contributed by atoms with Crippen LogP contribution in [0, 0.1) is 17.2 Å². The summed E-state index contributed by atoms with van der Waals surface area (Å²) >= 11 is 5.94. The van der Waals surface area contributed by atoms with Crippen LogP contribution in [0.1, 0.15) is 32.3 Å². The van der Waals surface area contributed by atoms with E-state index in [0.717, 1.165) is 6.42 Å². The van der Waals surface area contributed by atoms with Crippen molar-refractivity contribution in [3.63, 3.8) is 0 Å². The second kappa shape index (κ2) is 6.55. The zero-order valence-electron chi connectivity index (χ0n) is 12.5. The lowest BCUT2D eigenvalue weighted by atomic mass is 9.92. The summed E-state index contributed by atoms with van der Waals surface area (Å²) in [5.74, 6) is 0.371. The molecule has 1 saturated heterocycles. The van der Waals surface area contributed by atoms with Crippen LogP contribution in [0.25, 0.3) is 0 Å². The number of hydrogen-bond donors (Lipinski definition) is 1. The Balaban J connectivity index is 2.40. The Morgan fingerprint density at radius 1 is 1.50 bits per heavy atom. The van der Waals surface area contributed by atoms with Gasteiger partial charge in [-0.25, -0.2) is 8.42 Å². The van der Waals surface area contributed by atoms with Gasteiger partial charge in [0.2, 0.25) is 10.0 Å². The smallest absolute Gasteiger partial charge is 0.243 e. The van der Waals surface area contributed by atoms with Gasteiger partial charge in [0.25, 0.3) is 0 Å². The molecule has 1 N–H and O–H groups in total. The van der Waals surface area contributed by atoms with Gasteiger partial charge in [0, 0.05) is 6.54 Å². The molecule has 7 heteroatoms. The first-order valence-electron chi connectivity index (χ1n) is 7.17. The van der Waals surface area contributed by atoms with Gasteiger partial charge in [-0.1, -0.05) is 18.5 Å². The van der Waals surface area contributed by atoms with Crippen molar-refractivity contribution in [2.24, 2.45) is 5.92 Å². The van der Waals surface area contributed by atoms with Crippen molar-refractivity contribution in [2.45, 2.75) is 43.7 Å². The molecule has 0 radical (unpaired) electrons. The highest BCUT2D eigenvalue weighted by molar-refractivity contribution is 7.89. The van der Waals surface area contributed by atoms with E-state index in [1.807, 2.05) is 6.07 Å². The van der Waals surface area contributed by atoms with Crippen molar-refractivity contribution in [3.8, 4) is 6.07 Å². The van der Waals surface area contributed by atoms with E-state index in [1.165, 1.54) is 22.5 Å². The molecule has 3 atom stereocenters. The van der Waals surface area contributed by atoms with E-state index in [0.29, 0.717) is 18.9 Å². The second-order valence-corrected chi connectivity index (χ2v) is 8.10. The van der Waals surface area contributed by atoms with Crippen LogP contribution >= 0.6 is 11.6 Å². The van der Waals surface area contributed by atoms with Crippen LogP contribution in [0.4, 0.5) is 0 Å². The first kappa shape index (κ1) is 17.2. The molecule has 0 unspecified atom stereocenters. The molecular formula is C15H19ClN2O3S. The van der Waals surface area contributed by atoms with E-state index < -0.39 is 22.2 Å². The van der Waals surface area contributed by atoms with Gasteiger partial charge in [0.1, 0.15) is 6.07 Å². The van der Waals surface area contributed by atoms with Crippen molar-refractivity contribution in [1.29, 1.82) is 5.26 Å². The van der Waals surface area contributed by atoms with E-state index in [9.17, 15) is 13.5 Å². The molecule has 0 spiro atoms. The van der Waals surface area contributed by atoms with Gasteiger partial charge in [0.05, 0.1) is 27.6 Å². The van der Waals surface area contributed by atoms with Gasteiger partial charge in [0.15, 0.2) is 0 Å². The zero-order valence-corrected chi connectivity index (χ0v) is 14.1. The number of aliphatic hydroxyl groups is 1. The molecular weight excluding hydrogens is 324 g/mol. The molecule has 22 heavy (non-hydrogen) atoms. The fourth-order valence-electron chi connectivity index (χ4n) is 2.78. The number of benzene rings is 1. The highest BCUT2D eigenvalue weighted by Gasteiger charge is 2.38. The second-order valence-electron chi connectivity index (χ2n) is 5.81. The summed E-state index contributed by atoms with van der Waals surface area (Å²) in [6.45, 7) is 4.03. The first-order chi connectivity index (χ1) is 10.3. The average Bonchev–Trinajstić information content (AvgIpc) is 2.46. The largest absolute Gasteiger partial charge is 0.392 e. The van der Waals surface area contributed by atoms with Crippen molar-refractivity contribution in [1.82, 2.24) is 4.31 Å². The van der Waals surface area contributed by atoms with Crippen LogP contribution in [0.3, 0.4) is 0 Å². The van der Waals surface area contributed by atoms with Crippen LogP contribution in [0.15, 0.2) is 23.1 Å². The Hall–Kier alpha value is -1.13. The molecule has 0 aromatic heterocycles. The minimum atomic E-state index is -3.75. The van der Waals surface area contributed by atoms with Gasteiger partial charge < -0.3 is 5.11 Å². The van der Waals surface area contributed by atoms with Crippen LogP contribution in [0.2, 0.25) is 5.02 Å². The fraction of sp³-hybridized carbons (Fsp3) is 0.533. The molecule has 1 aliphatic heterocycles. The van der Waals surface area contributed by atoms with Crippen LogP contribution in [-0.4, -0.2) is 36.5 Å². The third kappa shape index (κ3) is 3.28. The minimum absolute atomic E-state index is 0.0525. The molecule has 1 aliphatic rings. The van der Waals surface area contributed by atoms with E-state index in [-0.39, 0.29) is 15.5 Å². The molecule has 0 bridgehead atoms. The predicted octanol–water partition coefficient (Wildman–Crippen LogP) is 2.38. The van der Waals surface area contributed by atoms with Crippen molar-refractivity contribution in [2.75, 3.05) is 6.54 Å². The van der Waals surface area contributed by atoms with Gasteiger partial charge in [-0.15, -0.1) is 0 Å². The Kier molecular flexibility index (Phi) is 5.13. The lowest BCUT2D eigenvalue weighted by molar-refractivity contribution is 0.0676. The molecule has 1 fully saturated rings. The summed E-state index contributed by atoms with van der Waals surface area (Å²) in [5, 5.41) is 18.9. The molecule has 0 saturated carbocycles. The lowest BCUT2D eigenvalue weighted by Crippen LogP contribution is -2.50. The highest BCUT2D eigenvalue weighted by atomic mass is 35.5. The standard InChI is InChI=1S/C15H19ClN2O3S/c1-10-5-6-18(15(7-10)11(2)19)22(20,21)13-4-3-12(9-17)14(16)8-13/h3-4,8,10-11,15,19H,5-7H2,1-2H3/t10-,11+,15-/m1/s1. The molecule has 5 nitrogen and oxygen atoms in total. The highest BCUT2D eigenvalue weighted by Crippen LogP contribution is 2.31. The van der Waals surface area contributed by atoms with Gasteiger partial charge >= 0.3 is 0 Å². The molecule has 0 amide bonds. The normalized spacial score (nSPS) is 24.7. The van der Waals surface area contributed by atoms with E-state index in [1.54, 1.807) is 6.92 Å². The maximum Gasteiger partial charge on any atom is 0.243 e. The summed E-state index contributed by atoms with van der Waals surface area (Å²) in [7, 11) is -3.75. The summed E-state index contributed by atoms with van der Waals surface area (Å²) in [6, 6.07) is 5.55. The Morgan fingerprint density at radius 2 is 2.18 bits per heavy atom. The zero-order chi connectivity index (χ0) is 16.5. The van der Waals surface area contributed by atoms with Crippen molar-refractivity contribution < 1.29 is 13.5 Å². The Labute approximate surface area is 136 Å². The maximum absolute atomic E-state index is 12.8. The number of piperidine rings is 1. The van der Waals surface area contributed by atoms with Crippen molar-refractivity contribution in [3.05, 3.63) is 28.8 Å². The SMILES string of the molecule is C[C@@H]1CCN(S(=O)(=O)c2ccc(C#N)c(Cl)c2)[C@@H]([C@H](C)O)C1. The minimum Gasteiger partial charge on any atom is -0.392 e. The predicted molar refractivity (Wildman–Crippen MR) is 83.9 cm³/mol.